The maximum absolute atomic E-state index is 12.2. The Balaban J connectivity index is 1.30. The molecule has 2 aromatic heterocycles. The summed E-state index contributed by atoms with van der Waals surface area (Å²) in [6.45, 7) is 0.578. The lowest BCUT2D eigenvalue weighted by molar-refractivity contribution is 0.0943. The largest absolute Gasteiger partial charge is 0.471 e. The zero-order valence-electron chi connectivity index (χ0n) is 16.0. The van der Waals surface area contributed by atoms with Crippen LogP contribution in [0.5, 0.6) is 5.75 Å². The van der Waals surface area contributed by atoms with E-state index in [1.165, 1.54) is 0 Å². The van der Waals surface area contributed by atoms with Gasteiger partial charge in [0, 0.05) is 19.4 Å². The summed E-state index contributed by atoms with van der Waals surface area (Å²) in [6, 6.07) is 21.6. The van der Waals surface area contributed by atoms with Gasteiger partial charge in [-0.1, -0.05) is 42.5 Å². The molecule has 4 rings (SSSR count). The van der Waals surface area contributed by atoms with Crippen molar-refractivity contribution in [1.29, 1.82) is 0 Å². The maximum atomic E-state index is 12.2. The molecule has 0 saturated heterocycles. The number of nitrogens with zero attached hydrogens (tertiary/aromatic N) is 4. The molecule has 0 aliphatic carbocycles. The molecule has 0 aliphatic heterocycles. The Kier molecular flexibility index (Phi) is 5.38. The molecule has 2 heterocycles. The number of carbonyl (C=O) groups is 1. The highest BCUT2D eigenvalue weighted by molar-refractivity contribution is 5.92. The Bertz CT molecular complexity index is 1080. The monoisotopic (exact) mass is 387 g/mol. The van der Waals surface area contributed by atoms with Crippen molar-refractivity contribution in [3.05, 3.63) is 90.5 Å². The van der Waals surface area contributed by atoms with Gasteiger partial charge in [0.25, 0.3) is 5.91 Å². The fourth-order valence-electron chi connectivity index (χ4n) is 2.89. The topological polar surface area (TPSA) is 74.0 Å². The van der Waals surface area contributed by atoms with Gasteiger partial charge in [-0.3, -0.25) is 9.48 Å². The van der Waals surface area contributed by atoms with Crippen LogP contribution in [0.4, 0.5) is 0 Å². The molecule has 0 fully saturated rings. The summed E-state index contributed by atoms with van der Waals surface area (Å²) >= 11 is 0. The highest BCUT2D eigenvalue weighted by Crippen LogP contribution is 2.22. The van der Waals surface area contributed by atoms with Gasteiger partial charge >= 0.3 is 0 Å². The van der Waals surface area contributed by atoms with Crippen molar-refractivity contribution in [2.45, 2.75) is 13.3 Å². The summed E-state index contributed by atoms with van der Waals surface area (Å²) in [5.41, 5.74) is 3.42. The number of amides is 1. The lowest BCUT2D eigenvalue weighted by atomic mass is 10.1. The van der Waals surface area contributed by atoms with Crippen molar-refractivity contribution in [3.63, 3.8) is 0 Å². The van der Waals surface area contributed by atoms with E-state index in [1.54, 1.807) is 21.6 Å². The van der Waals surface area contributed by atoms with E-state index < -0.39 is 0 Å². The van der Waals surface area contributed by atoms with Crippen molar-refractivity contribution in [3.8, 4) is 16.9 Å². The third-order valence-corrected chi connectivity index (χ3v) is 4.40. The Morgan fingerprint density at radius 1 is 0.931 bits per heavy atom. The first-order chi connectivity index (χ1) is 14.2. The zero-order chi connectivity index (χ0) is 20.1. The van der Waals surface area contributed by atoms with Crippen LogP contribution in [0.2, 0.25) is 0 Å². The average Bonchev–Trinajstić information content (AvgIpc) is 3.40. The second kappa shape index (κ2) is 8.43. The van der Waals surface area contributed by atoms with Crippen LogP contribution >= 0.6 is 0 Å². The van der Waals surface area contributed by atoms with E-state index in [-0.39, 0.29) is 12.6 Å². The Morgan fingerprint density at radius 2 is 1.69 bits per heavy atom. The van der Waals surface area contributed by atoms with Crippen LogP contribution in [0, 0.1) is 0 Å². The van der Waals surface area contributed by atoms with Gasteiger partial charge in [-0.05, 0) is 35.4 Å². The highest BCUT2D eigenvalue weighted by atomic mass is 16.5. The molecule has 0 aliphatic rings. The number of benzene rings is 2. The SMILES string of the molecule is Cn1ccc(CNC(=O)c2ccn(COc3ccc(-c4ccccc4)cc3)n2)n1. The molecule has 0 bridgehead atoms. The fraction of sp³-hybridized carbons (Fsp3) is 0.136. The zero-order valence-corrected chi connectivity index (χ0v) is 16.0. The Morgan fingerprint density at radius 3 is 2.41 bits per heavy atom. The van der Waals surface area contributed by atoms with E-state index in [0.717, 1.165) is 22.6 Å². The molecule has 0 atom stereocenters. The fourth-order valence-corrected chi connectivity index (χ4v) is 2.89. The minimum absolute atomic E-state index is 0.220. The maximum Gasteiger partial charge on any atom is 0.272 e. The molecule has 7 heteroatoms. The molecule has 4 aromatic rings. The summed E-state index contributed by atoms with van der Waals surface area (Å²) in [5, 5.41) is 11.3. The van der Waals surface area contributed by atoms with Gasteiger partial charge < -0.3 is 10.1 Å². The number of nitrogens with one attached hydrogen (secondary N) is 1. The van der Waals surface area contributed by atoms with E-state index in [1.807, 2.05) is 61.8 Å². The summed E-state index contributed by atoms with van der Waals surface area (Å²) in [5.74, 6) is 0.489. The quantitative estimate of drug-likeness (QED) is 0.528. The standard InChI is InChI=1S/C22H21N5O2/c1-26-13-11-19(24-26)15-23-22(28)21-12-14-27(25-21)16-29-20-9-7-18(8-10-20)17-5-3-2-4-6-17/h2-14H,15-16H2,1H3,(H,23,28). The Labute approximate surface area is 168 Å². The van der Waals surface area contributed by atoms with Gasteiger partial charge in [0.15, 0.2) is 6.73 Å². The van der Waals surface area contributed by atoms with E-state index in [9.17, 15) is 4.79 Å². The molecule has 0 saturated carbocycles. The second-order valence-corrected chi connectivity index (χ2v) is 6.57. The van der Waals surface area contributed by atoms with Crippen molar-refractivity contribution in [2.75, 3.05) is 0 Å². The molecular weight excluding hydrogens is 366 g/mol. The van der Waals surface area contributed by atoms with Crippen molar-refractivity contribution in [2.24, 2.45) is 7.05 Å². The molecule has 0 spiro atoms. The van der Waals surface area contributed by atoms with E-state index >= 15 is 0 Å². The van der Waals surface area contributed by atoms with Gasteiger partial charge in [0.2, 0.25) is 0 Å². The third kappa shape index (κ3) is 4.70. The van der Waals surface area contributed by atoms with E-state index in [0.29, 0.717) is 12.2 Å². The van der Waals surface area contributed by atoms with Gasteiger partial charge in [-0.2, -0.15) is 10.2 Å². The number of hydrogen-bond acceptors (Lipinski definition) is 4. The van der Waals surface area contributed by atoms with Gasteiger partial charge in [-0.25, -0.2) is 4.68 Å². The van der Waals surface area contributed by atoms with Crippen LogP contribution < -0.4 is 10.1 Å². The highest BCUT2D eigenvalue weighted by Gasteiger charge is 2.10. The third-order valence-electron chi connectivity index (χ3n) is 4.40. The van der Waals surface area contributed by atoms with Crippen LogP contribution in [0.3, 0.4) is 0 Å². The number of carbonyl (C=O) groups excluding carboxylic acids is 1. The molecule has 2 aromatic carbocycles. The number of aryl methyl sites for hydroxylation is 1. The van der Waals surface area contributed by atoms with Crippen molar-refractivity contribution < 1.29 is 9.53 Å². The first kappa shape index (κ1) is 18.5. The predicted molar refractivity (Wildman–Crippen MR) is 109 cm³/mol. The van der Waals surface area contributed by atoms with Gasteiger partial charge in [0.1, 0.15) is 11.4 Å². The molecule has 0 unspecified atom stereocenters. The average molecular weight is 387 g/mol. The summed E-state index contributed by atoms with van der Waals surface area (Å²) in [6.07, 6.45) is 3.55. The summed E-state index contributed by atoms with van der Waals surface area (Å²) in [4.78, 5) is 12.2. The van der Waals surface area contributed by atoms with Crippen LogP contribution in [0.1, 0.15) is 16.2 Å². The molecule has 1 amide bonds. The number of rotatable bonds is 7. The number of hydrogen-bond donors (Lipinski definition) is 1. The van der Waals surface area contributed by atoms with Crippen molar-refractivity contribution >= 4 is 5.91 Å². The molecule has 29 heavy (non-hydrogen) atoms. The molecule has 1 N–H and O–H groups in total. The van der Waals surface area contributed by atoms with Crippen LogP contribution in [-0.4, -0.2) is 25.5 Å². The summed E-state index contributed by atoms with van der Waals surface area (Å²) in [7, 11) is 1.84. The minimum atomic E-state index is -0.249. The lowest BCUT2D eigenvalue weighted by Gasteiger charge is -2.07. The van der Waals surface area contributed by atoms with E-state index in [2.05, 4.69) is 27.6 Å². The van der Waals surface area contributed by atoms with Gasteiger partial charge in [0.05, 0.1) is 12.2 Å². The van der Waals surface area contributed by atoms with Crippen LogP contribution in [0.15, 0.2) is 79.1 Å². The summed E-state index contributed by atoms with van der Waals surface area (Å²) < 4.78 is 9.04. The predicted octanol–water partition coefficient (Wildman–Crippen LogP) is 3.25. The normalized spacial score (nSPS) is 10.7. The van der Waals surface area contributed by atoms with Crippen molar-refractivity contribution in [1.82, 2.24) is 24.9 Å². The number of aromatic nitrogens is 4. The molecular formula is C22H21N5O2. The van der Waals surface area contributed by atoms with Gasteiger partial charge in [-0.15, -0.1) is 0 Å². The lowest BCUT2D eigenvalue weighted by Crippen LogP contribution is -2.24. The Hall–Kier alpha value is -3.87. The molecule has 146 valence electrons. The van der Waals surface area contributed by atoms with Crippen LogP contribution in [0.25, 0.3) is 11.1 Å². The second-order valence-electron chi connectivity index (χ2n) is 6.57. The smallest absolute Gasteiger partial charge is 0.272 e. The van der Waals surface area contributed by atoms with Crippen LogP contribution in [-0.2, 0) is 20.3 Å². The first-order valence-corrected chi connectivity index (χ1v) is 9.26. The molecule has 7 nitrogen and oxygen atoms in total. The minimum Gasteiger partial charge on any atom is -0.471 e. The number of ether oxygens (including phenoxy) is 1. The molecule has 0 radical (unpaired) electrons. The first-order valence-electron chi connectivity index (χ1n) is 9.26. The van der Waals surface area contributed by atoms with E-state index in [4.69, 9.17) is 4.74 Å².